The SMILES string of the molecule is OC[C@H]1OCO[C@H]([C@H](COCc2ccccc2)OCc2ccccc2)[C@@H](OCc2ccccc2)[C@@H]1O. The number of aliphatic hydroxyl groups is 2. The van der Waals surface area contributed by atoms with Crippen LogP contribution in [0, 0.1) is 0 Å². The fourth-order valence-corrected chi connectivity index (χ4v) is 4.13. The summed E-state index contributed by atoms with van der Waals surface area (Å²) in [7, 11) is 0. The van der Waals surface area contributed by atoms with Gasteiger partial charge in [0.2, 0.25) is 0 Å². The zero-order valence-corrected chi connectivity index (χ0v) is 20.2. The van der Waals surface area contributed by atoms with Crippen molar-refractivity contribution in [3.05, 3.63) is 108 Å². The molecule has 5 atom stereocenters. The second-order valence-corrected chi connectivity index (χ2v) is 8.72. The summed E-state index contributed by atoms with van der Waals surface area (Å²) in [5.41, 5.74) is 3.00. The van der Waals surface area contributed by atoms with E-state index in [-0.39, 0.29) is 26.6 Å². The first kappa shape index (κ1) is 26.4. The Morgan fingerprint density at radius 2 is 1.31 bits per heavy atom. The molecule has 2 N–H and O–H groups in total. The second-order valence-electron chi connectivity index (χ2n) is 8.72. The Kier molecular flexibility index (Phi) is 10.4. The maximum atomic E-state index is 11.1. The average Bonchev–Trinajstić information content (AvgIpc) is 3.09. The second kappa shape index (κ2) is 14.2. The largest absolute Gasteiger partial charge is 0.394 e. The highest BCUT2D eigenvalue weighted by Gasteiger charge is 2.43. The fourth-order valence-electron chi connectivity index (χ4n) is 4.13. The maximum absolute atomic E-state index is 11.1. The maximum Gasteiger partial charge on any atom is 0.147 e. The lowest BCUT2D eigenvalue weighted by molar-refractivity contribution is -0.185. The quantitative estimate of drug-likeness (QED) is 0.399. The van der Waals surface area contributed by atoms with Gasteiger partial charge in [-0.3, -0.25) is 0 Å². The Labute approximate surface area is 212 Å². The molecule has 0 spiro atoms. The number of aliphatic hydroxyl groups excluding tert-OH is 2. The Hall–Kier alpha value is -2.62. The molecular weight excluding hydrogens is 460 g/mol. The molecule has 0 bridgehead atoms. The molecule has 3 aromatic rings. The molecule has 1 aliphatic rings. The van der Waals surface area contributed by atoms with E-state index in [1.807, 2.05) is 91.0 Å². The summed E-state index contributed by atoms with van der Waals surface area (Å²) in [5.74, 6) is 0. The van der Waals surface area contributed by atoms with Crippen molar-refractivity contribution in [3.8, 4) is 0 Å². The minimum absolute atomic E-state index is 0.109. The lowest BCUT2D eigenvalue weighted by atomic mass is 9.99. The number of hydrogen-bond donors (Lipinski definition) is 2. The van der Waals surface area contributed by atoms with Gasteiger partial charge >= 0.3 is 0 Å². The number of rotatable bonds is 12. The minimum atomic E-state index is -1.12. The standard InChI is InChI=1S/C29H34O7/c30-16-25-27(31)29(34-19-24-14-8-3-9-15-24)28(36-21-35-25)26(33-18-23-12-6-2-7-13-23)20-32-17-22-10-4-1-5-11-22/h1-15,25-31H,16-21H2/t25-,26+,27-,28-,29+/m1/s1. The van der Waals surface area contributed by atoms with Gasteiger partial charge < -0.3 is 33.9 Å². The molecule has 0 aromatic heterocycles. The molecule has 192 valence electrons. The van der Waals surface area contributed by atoms with Crippen molar-refractivity contribution in [2.75, 3.05) is 20.0 Å². The lowest BCUT2D eigenvalue weighted by Gasteiger charge is -2.34. The lowest BCUT2D eigenvalue weighted by Crippen LogP contribution is -2.52. The van der Waals surface area contributed by atoms with Crippen molar-refractivity contribution in [1.29, 1.82) is 0 Å². The van der Waals surface area contributed by atoms with E-state index < -0.39 is 30.5 Å². The minimum Gasteiger partial charge on any atom is -0.394 e. The van der Waals surface area contributed by atoms with Crippen LogP contribution in [0.15, 0.2) is 91.0 Å². The molecule has 1 saturated heterocycles. The van der Waals surface area contributed by atoms with Gasteiger partial charge in [-0.2, -0.15) is 0 Å². The summed E-state index contributed by atoms with van der Waals surface area (Å²) in [6.45, 7) is 0.758. The van der Waals surface area contributed by atoms with Gasteiger partial charge in [-0.15, -0.1) is 0 Å². The topological polar surface area (TPSA) is 86.6 Å². The molecule has 7 heteroatoms. The molecule has 0 radical (unpaired) electrons. The van der Waals surface area contributed by atoms with Gasteiger partial charge in [0.15, 0.2) is 0 Å². The van der Waals surface area contributed by atoms with E-state index in [1.165, 1.54) is 0 Å². The van der Waals surface area contributed by atoms with Crippen LogP contribution in [-0.4, -0.2) is 60.7 Å². The van der Waals surface area contributed by atoms with Crippen LogP contribution in [-0.2, 0) is 43.5 Å². The molecule has 0 unspecified atom stereocenters. The van der Waals surface area contributed by atoms with Crippen molar-refractivity contribution >= 4 is 0 Å². The normalized spacial score (nSPS) is 23.2. The van der Waals surface area contributed by atoms with Gasteiger partial charge in [0, 0.05) is 0 Å². The summed E-state index contributed by atoms with van der Waals surface area (Å²) in [6, 6.07) is 29.4. The van der Waals surface area contributed by atoms with E-state index in [4.69, 9.17) is 23.7 Å². The van der Waals surface area contributed by atoms with Crippen LogP contribution >= 0.6 is 0 Å². The summed E-state index contributed by atoms with van der Waals surface area (Å²) in [5, 5.41) is 20.9. The third kappa shape index (κ3) is 7.69. The molecule has 0 saturated carbocycles. The summed E-state index contributed by atoms with van der Waals surface area (Å²) >= 11 is 0. The van der Waals surface area contributed by atoms with Gasteiger partial charge in [0.25, 0.3) is 0 Å². The van der Waals surface area contributed by atoms with E-state index in [1.54, 1.807) is 0 Å². The Morgan fingerprint density at radius 3 is 1.89 bits per heavy atom. The van der Waals surface area contributed by atoms with Gasteiger partial charge in [-0.1, -0.05) is 91.0 Å². The van der Waals surface area contributed by atoms with Crippen LogP contribution < -0.4 is 0 Å². The number of hydrogen-bond acceptors (Lipinski definition) is 7. The van der Waals surface area contributed by atoms with E-state index in [0.717, 1.165) is 16.7 Å². The molecule has 36 heavy (non-hydrogen) atoms. The van der Waals surface area contributed by atoms with E-state index in [9.17, 15) is 10.2 Å². The highest BCUT2D eigenvalue weighted by atomic mass is 16.7. The zero-order valence-electron chi connectivity index (χ0n) is 20.2. The number of ether oxygens (including phenoxy) is 5. The van der Waals surface area contributed by atoms with Gasteiger partial charge in [-0.25, -0.2) is 0 Å². The highest BCUT2D eigenvalue weighted by molar-refractivity contribution is 5.15. The Morgan fingerprint density at radius 1 is 0.750 bits per heavy atom. The van der Waals surface area contributed by atoms with Crippen molar-refractivity contribution in [2.24, 2.45) is 0 Å². The zero-order chi connectivity index (χ0) is 25.0. The predicted octanol–water partition coefficient (Wildman–Crippen LogP) is 3.47. The first-order chi connectivity index (χ1) is 17.7. The average molecular weight is 495 g/mol. The number of benzene rings is 3. The summed E-state index contributed by atoms with van der Waals surface area (Å²) in [4.78, 5) is 0. The monoisotopic (exact) mass is 494 g/mol. The van der Waals surface area contributed by atoms with Crippen LogP contribution in [0.4, 0.5) is 0 Å². The fraction of sp³-hybridized carbons (Fsp3) is 0.379. The first-order valence-electron chi connectivity index (χ1n) is 12.2. The molecule has 0 amide bonds. The molecule has 1 aliphatic heterocycles. The highest BCUT2D eigenvalue weighted by Crippen LogP contribution is 2.25. The smallest absolute Gasteiger partial charge is 0.147 e. The van der Waals surface area contributed by atoms with Crippen LogP contribution in [0.1, 0.15) is 16.7 Å². The summed E-state index contributed by atoms with van der Waals surface area (Å²) in [6.07, 6.45) is -4.03. The van der Waals surface area contributed by atoms with E-state index >= 15 is 0 Å². The molecule has 1 heterocycles. The van der Waals surface area contributed by atoms with Crippen LogP contribution in [0.3, 0.4) is 0 Å². The molecule has 3 aromatic carbocycles. The van der Waals surface area contributed by atoms with Crippen molar-refractivity contribution in [3.63, 3.8) is 0 Å². The molecule has 7 nitrogen and oxygen atoms in total. The van der Waals surface area contributed by atoms with Crippen molar-refractivity contribution < 1.29 is 33.9 Å². The predicted molar refractivity (Wildman–Crippen MR) is 134 cm³/mol. The van der Waals surface area contributed by atoms with Crippen molar-refractivity contribution in [1.82, 2.24) is 0 Å². The van der Waals surface area contributed by atoms with Gasteiger partial charge in [0.1, 0.15) is 37.3 Å². The van der Waals surface area contributed by atoms with E-state index in [0.29, 0.717) is 13.2 Å². The van der Waals surface area contributed by atoms with Crippen LogP contribution in [0.2, 0.25) is 0 Å². The van der Waals surface area contributed by atoms with Crippen LogP contribution in [0.5, 0.6) is 0 Å². The Bertz CT molecular complexity index is 986. The molecular formula is C29H34O7. The van der Waals surface area contributed by atoms with Crippen molar-refractivity contribution in [2.45, 2.75) is 50.3 Å². The van der Waals surface area contributed by atoms with Gasteiger partial charge in [-0.05, 0) is 16.7 Å². The van der Waals surface area contributed by atoms with Crippen LogP contribution in [0.25, 0.3) is 0 Å². The Balaban J connectivity index is 1.51. The third-order valence-electron chi connectivity index (χ3n) is 6.12. The molecule has 1 fully saturated rings. The molecule has 4 rings (SSSR count). The van der Waals surface area contributed by atoms with Gasteiger partial charge in [0.05, 0.1) is 33.0 Å². The van der Waals surface area contributed by atoms with E-state index in [2.05, 4.69) is 0 Å². The third-order valence-corrected chi connectivity index (χ3v) is 6.12. The summed E-state index contributed by atoms with van der Waals surface area (Å²) < 4.78 is 30.1. The molecule has 0 aliphatic carbocycles. The first-order valence-corrected chi connectivity index (χ1v) is 12.2.